The van der Waals surface area contributed by atoms with Gasteiger partial charge in [0.05, 0.1) is 25.0 Å². The molecule has 2 aliphatic carbocycles. The predicted molar refractivity (Wildman–Crippen MR) is 108 cm³/mol. The molecule has 2 aliphatic rings. The van der Waals surface area contributed by atoms with E-state index in [1.54, 1.807) is 0 Å². The lowest BCUT2D eigenvalue weighted by Gasteiger charge is -2.33. The number of hydrogen-bond donors (Lipinski definition) is 7. The van der Waals surface area contributed by atoms with E-state index in [9.17, 15) is 39.3 Å². The molecule has 0 bridgehead atoms. The van der Waals surface area contributed by atoms with E-state index in [-0.39, 0.29) is 24.8 Å². The zero-order valence-corrected chi connectivity index (χ0v) is 17.5. The van der Waals surface area contributed by atoms with Crippen LogP contribution in [0.2, 0.25) is 0 Å². The van der Waals surface area contributed by atoms with Gasteiger partial charge in [-0.25, -0.2) is 0 Å². The van der Waals surface area contributed by atoms with Gasteiger partial charge in [-0.3, -0.25) is 24.0 Å². The summed E-state index contributed by atoms with van der Waals surface area (Å²) in [6, 6.07) is -2.61. The highest BCUT2D eigenvalue weighted by Gasteiger charge is 2.40. The first-order chi connectivity index (χ1) is 14.9. The predicted octanol–water partition coefficient (Wildman–Crippen LogP) is -1.61. The van der Waals surface area contributed by atoms with Crippen LogP contribution in [0, 0.1) is 5.41 Å². The van der Waals surface area contributed by atoms with Gasteiger partial charge in [-0.15, -0.1) is 0 Å². The van der Waals surface area contributed by atoms with Gasteiger partial charge in [0.25, 0.3) is 0 Å². The highest BCUT2D eigenvalue weighted by Crippen LogP contribution is 2.44. The summed E-state index contributed by atoms with van der Waals surface area (Å²) in [6.45, 7) is 0. The maximum Gasteiger partial charge on any atom is 0.305 e. The van der Waals surface area contributed by atoms with Crippen LogP contribution in [-0.2, 0) is 24.0 Å². The summed E-state index contributed by atoms with van der Waals surface area (Å²) in [7, 11) is 0. The number of amides is 3. The Bertz CT molecular complexity index is 804. The van der Waals surface area contributed by atoms with Crippen molar-refractivity contribution >= 4 is 29.7 Å². The standard InChI is InChI=1S/C20H29N3O9/c21-18(31)12(7-15(26)27)23-19(32)10-5-11(17(30)13(24)6-10)22-14(25)8-20(9-16(28)29)3-1-2-4-20/h5,11-13,17,24,30H,1-4,6-9H2,(H2,21,31)(H,22,25)(H,23,32)(H,26,27)(H,28,29). The van der Waals surface area contributed by atoms with E-state index < -0.39 is 65.8 Å². The number of nitrogens with one attached hydrogen (secondary N) is 2. The third kappa shape index (κ3) is 6.76. The fourth-order valence-electron chi connectivity index (χ4n) is 4.35. The zero-order chi connectivity index (χ0) is 24.1. The average Bonchev–Trinajstić information content (AvgIpc) is 3.10. The molecule has 4 atom stereocenters. The first-order valence-corrected chi connectivity index (χ1v) is 10.3. The van der Waals surface area contributed by atoms with Gasteiger partial charge in [-0.1, -0.05) is 18.9 Å². The molecule has 2 rings (SSSR count). The molecular weight excluding hydrogens is 426 g/mol. The quantitative estimate of drug-likeness (QED) is 0.201. The van der Waals surface area contributed by atoms with Crippen molar-refractivity contribution in [3.05, 3.63) is 11.6 Å². The third-order valence-corrected chi connectivity index (χ3v) is 5.94. The van der Waals surface area contributed by atoms with Crippen LogP contribution in [-0.4, -0.2) is 74.4 Å². The van der Waals surface area contributed by atoms with Crippen LogP contribution >= 0.6 is 0 Å². The van der Waals surface area contributed by atoms with Crippen LogP contribution in [0.25, 0.3) is 0 Å². The molecule has 178 valence electrons. The van der Waals surface area contributed by atoms with Gasteiger partial charge in [0.15, 0.2) is 0 Å². The minimum atomic E-state index is -1.48. The molecule has 3 amide bonds. The van der Waals surface area contributed by atoms with Gasteiger partial charge < -0.3 is 36.8 Å². The van der Waals surface area contributed by atoms with Crippen LogP contribution in [0.4, 0.5) is 0 Å². The van der Waals surface area contributed by atoms with Crippen LogP contribution in [0.3, 0.4) is 0 Å². The highest BCUT2D eigenvalue weighted by atomic mass is 16.4. The van der Waals surface area contributed by atoms with Gasteiger partial charge in [0.2, 0.25) is 17.7 Å². The normalized spacial score (nSPS) is 25.3. The molecule has 0 heterocycles. The summed E-state index contributed by atoms with van der Waals surface area (Å²) < 4.78 is 0. The summed E-state index contributed by atoms with van der Waals surface area (Å²) >= 11 is 0. The van der Waals surface area contributed by atoms with Crippen molar-refractivity contribution < 1.29 is 44.4 Å². The number of aliphatic hydroxyl groups excluding tert-OH is 2. The van der Waals surface area contributed by atoms with E-state index in [1.807, 2.05) is 0 Å². The Labute approximate surface area is 183 Å². The number of carbonyl (C=O) groups is 5. The van der Waals surface area contributed by atoms with Gasteiger partial charge >= 0.3 is 11.9 Å². The second kappa shape index (κ2) is 10.6. The number of primary amides is 1. The van der Waals surface area contributed by atoms with Gasteiger partial charge in [-0.05, 0) is 18.3 Å². The second-order valence-corrected chi connectivity index (χ2v) is 8.53. The molecular formula is C20H29N3O9. The Morgan fingerprint density at radius 3 is 2.22 bits per heavy atom. The molecule has 12 heteroatoms. The zero-order valence-electron chi connectivity index (χ0n) is 17.5. The molecule has 4 unspecified atom stereocenters. The molecule has 0 spiro atoms. The fourth-order valence-corrected chi connectivity index (χ4v) is 4.35. The van der Waals surface area contributed by atoms with Gasteiger partial charge in [0.1, 0.15) is 12.1 Å². The van der Waals surface area contributed by atoms with E-state index in [4.69, 9.17) is 10.8 Å². The van der Waals surface area contributed by atoms with Crippen molar-refractivity contribution in [3.8, 4) is 0 Å². The number of rotatable bonds is 10. The third-order valence-electron chi connectivity index (χ3n) is 5.94. The van der Waals surface area contributed by atoms with E-state index in [1.165, 1.54) is 6.08 Å². The van der Waals surface area contributed by atoms with Crippen LogP contribution < -0.4 is 16.4 Å². The summed E-state index contributed by atoms with van der Waals surface area (Å²) in [5, 5.41) is 43.1. The lowest BCUT2D eigenvalue weighted by molar-refractivity contribution is -0.141. The number of hydrogen-bond acceptors (Lipinski definition) is 7. The summed E-state index contributed by atoms with van der Waals surface area (Å²) in [4.78, 5) is 58.5. The highest BCUT2D eigenvalue weighted by molar-refractivity contribution is 5.98. The molecule has 0 aliphatic heterocycles. The molecule has 0 radical (unpaired) electrons. The summed E-state index contributed by atoms with van der Waals surface area (Å²) in [5.41, 5.74) is 4.36. The van der Waals surface area contributed by atoms with Crippen molar-refractivity contribution in [2.24, 2.45) is 11.1 Å². The molecule has 0 saturated heterocycles. The lowest BCUT2D eigenvalue weighted by atomic mass is 9.79. The topological polar surface area (TPSA) is 216 Å². The summed E-state index contributed by atoms with van der Waals surface area (Å²) in [6.07, 6.45) is -0.0475. The van der Waals surface area contributed by atoms with Crippen LogP contribution in [0.15, 0.2) is 11.6 Å². The number of aliphatic carboxylic acids is 2. The average molecular weight is 455 g/mol. The van der Waals surface area contributed by atoms with Crippen LogP contribution in [0.5, 0.6) is 0 Å². The van der Waals surface area contributed by atoms with Gasteiger partial charge in [0, 0.05) is 18.4 Å². The molecule has 1 saturated carbocycles. The maximum absolute atomic E-state index is 12.6. The Morgan fingerprint density at radius 2 is 1.69 bits per heavy atom. The first kappa shape index (κ1) is 25.3. The van der Waals surface area contributed by atoms with Crippen molar-refractivity contribution in [1.29, 1.82) is 0 Å². The van der Waals surface area contributed by atoms with E-state index in [2.05, 4.69) is 10.6 Å². The van der Waals surface area contributed by atoms with Crippen molar-refractivity contribution in [1.82, 2.24) is 10.6 Å². The molecule has 0 aromatic rings. The molecule has 0 aromatic carbocycles. The monoisotopic (exact) mass is 455 g/mol. The van der Waals surface area contributed by atoms with E-state index in [0.717, 1.165) is 12.8 Å². The Kier molecular flexibility index (Phi) is 8.33. The molecule has 0 aromatic heterocycles. The minimum absolute atomic E-state index is 0.0640. The first-order valence-electron chi connectivity index (χ1n) is 10.3. The number of carbonyl (C=O) groups excluding carboxylic acids is 3. The molecule has 32 heavy (non-hydrogen) atoms. The fraction of sp³-hybridized carbons (Fsp3) is 0.650. The summed E-state index contributed by atoms with van der Waals surface area (Å²) in [5.74, 6) is -4.80. The number of carboxylic acid groups (broad SMARTS) is 2. The molecule has 1 fully saturated rings. The second-order valence-electron chi connectivity index (χ2n) is 8.53. The van der Waals surface area contributed by atoms with Gasteiger partial charge in [-0.2, -0.15) is 0 Å². The molecule has 12 nitrogen and oxygen atoms in total. The van der Waals surface area contributed by atoms with Crippen molar-refractivity contribution in [2.75, 3.05) is 0 Å². The SMILES string of the molecule is NC(=O)C(CC(=O)O)NC(=O)C1=CC(NC(=O)CC2(CC(=O)O)CCCC2)C(O)C(O)C1. The van der Waals surface area contributed by atoms with Crippen LogP contribution in [0.1, 0.15) is 51.4 Å². The van der Waals surface area contributed by atoms with E-state index >= 15 is 0 Å². The van der Waals surface area contributed by atoms with E-state index in [0.29, 0.717) is 12.8 Å². The Balaban J connectivity index is 2.11. The Hall–Kier alpha value is -2.99. The van der Waals surface area contributed by atoms with Crippen molar-refractivity contribution in [3.63, 3.8) is 0 Å². The molecule has 8 N–H and O–H groups in total. The maximum atomic E-state index is 12.6. The van der Waals surface area contributed by atoms with Crippen molar-refractivity contribution in [2.45, 2.75) is 75.7 Å². The Morgan fingerprint density at radius 1 is 1.06 bits per heavy atom. The number of carboxylic acids is 2. The lowest BCUT2D eigenvalue weighted by Crippen LogP contribution is -2.52. The largest absolute Gasteiger partial charge is 0.481 e. The smallest absolute Gasteiger partial charge is 0.305 e. The number of aliphatic hydroxyl groups is 2. The minimum Gasteiger partial charge on any atom is -0.481 e. The number of nitrogens with two attached hydrogens (primary N) is 1.